The van der Waals surface area contributed by atoms with Gasteiger partial charge in [0.05, 0.1) is 6.42 Å². The van der Waals surface area contributed by atoms with Crippen LogP contribution in [0.15, 0.2) is 0 Å². The summed E-state index contributed by atoms with van der Waals surface area (Å²) in [6.07, 6.45) is -3.03. The number of hydrogen-bond donors (Lipinski definition) is 3. The highest BCUT2D eigenvalue weighted by Gasteiger charge is 2.25. The highest BCUT2D eigenvalue weighted by Crippen LogP contribution is 2.02. The summed E-state index contributed by atoms with van der Waals surface area (Å²) in [6, 6.07) is 0. The number of carboxylic acids is 2. The first-order valence-corrected chi connectivity index (χ1v) is 4.36. The van der Waals surface area contributed by atoms with Gasteiger partial charge in [-0.05, 0) is 0 Å². The molecule has 0 heterocycles. The van der Waals surface area contributed by atoms with Crippen molar-refractivity contribution in [2.75, 3.05) is 0 Å². The van der Waals surface area contributed by atoms with Gasteiger partial charge in [-0.2, -0.15) is 8.42 Å². The Kier molecular flexibility index (Phi) is 4.43. The predicted octanol–water partition coefficient (Wildman–Crippen LogP) is -1.33. The molecule has 1 unspecified atom stereocenters. The summed E-state index contributed by atoms with van der Waals surface area (Å²) in [6.45, 7) is 0. The fourth-order valence-corrected chi connectivity index (χ4v) is 0.612. The zero-order chi connectivity index (χ0) is 11.4. The smallest absolute Gasteiger partial charge is 0.424 e. The molecule has 0 aromatic rings. The fraction of sp³-hybridized carbons (Fsp3) is 0.500. The van der Waals surface area contributed by atoms with Crippen LogP contribution in [0.4, 0.5) is 0 Å². The first-order valence-electron chi connectivity index (χ1n) is 2.99. The van der Waals surface area contributed by atoms with Crippen LogP contribution in [0.3, 0.4) is 0 Å². The Balaban J connectivity index is 4.25. The van der Waals surface area contributed by atoms with Gasteiger partial charge < -0.3 is 10.2 Å². The van der Waals surface area contributed by atoms with Crippen LogP contribution < -0.4 is 0 Å². The minimum Gasteiger partial charge on any atom is -0.481 e. The number of rotatable bonds is 6. The molecule has 0 bridgehead atoms. The van der Waals surface area contributed by atoms with E-state index in [1.165, 1.54) is 0 Å². The quantitative estimate of drug-likeness (QED) is 0.286. The van der Waals surface area contributed by atoms with E-state index in [2.05, 4.69) is 9.22 Å². The standard InChI is InChI=1S/C4H6O9S/c5-3(6)1-2(4(7)8)12-13-14(9,10)11/h2H,1H2,(H,5,6)(H,7,8)(H,9,10,11). The molecule has 0 spiro atoms. The lowest BCUT2D eigenvalue weighted by molar-refractivity contribution is -0.249. The molecule has 10 heteroatoms. The lowest BCUT2D eigenvalue weighted by Crippen LogP contribution is -2.28. The van der Waals surface area contributed by atoms with Crippen molar-refractivity contribution in [2.45, 2.75) is 12.5 Å². The van der Waals surface area contributed by atoms with E-state index in [1.807, 2.05) is 0 Å². The topological polar surface area (TPSA) is 147 Å². The molecule has 14 heavy (non-hydrogen) atoms. The average Bonchev–Trinajstić information content (AvgIpc) is 1.94. The van der Waals surface area contributed by atoms with E-state index in [0.717, 1.165) is 0 Å². The van der Waals surface area contributed by atoms with E-state index < -0.39 is 34.9 Å². The molecule has 0 aliphatic carbocycles. The summed E-state index contributed by atoms with van der Waals surface area (Å²) >= 11 is 0. The molecule has 0 aromatic carbocycles. The average molecular weight is 230 g/mol. The van der Waals surface area contributed by atoms with Gasteiger partial charge in [-0.25, -0.2) is 9.68 Å². The van der Waals surface area contributed by atoms with E-state index >= 15 is 0 Å². The fourth-order valence-electron chi connectivity index (χ4n) is 0.418. The zero-order valence-corrected chi connectivity index (χ0v) is 7.30. The van der Waals surface area contributed by atoms with Crippen molar-refractivity contribution in [2.24, 2.45) is 0 Å². The minimum atomic E-state index is -4.97. The van der Waals surface area contributed by atoms with Crippen molar-refractivity contribution < 1.29 is 42.0 Å². The molecule has 0 amide bonds. The number of aliphatic carboxylic acids is 2. The Morgan fingerprint density at radius 3 is 2.07 bits per heavy atom. The maximum absolute atomic E-state index is 10.2. The third-order valence-corrected chi connectivity index (χ3v) is 1.13. The van der Waals surface area contributed by atoms with Crippen molar-refractivity contribution in [3.8, 4) is 0 Å². The molecule has 3 N–H and O–H groups in total. The molecule has 0 rings (SSSR count). The van der Waals surface area contributed by atoms with Gasteiger partial charge in [-0.3, -0.25) is 9.35 Å². The van der Waals surface area contributed by atoms with Gasteiger partial charge in [0.15, 0.2) is 0 Å². The van der Waals surface area contributed by atoms with Gasteiger partial charge in [0.25, 0.3) is 0 Å². The second kappa shape index (κ2) is 4.85. The molecule has 0 fully saturated rings. The molecular formula is C4H6O9S. The van der Waals surface area contributed by atoms with Crippen LogP contribution in [0.2, 0.25) is 0 Å². The summed E-state index contributed by atoms with van der Waals surface area (Å²) in [5.41, 5.74) is 0. The van der Waals surface area contributed by atoms with Crippen LogP contribution in [0.1, 0.15) is 6.42 Å². The number of carbonyl (C=O) groups is 2. The first-order chi connectivity index (χ1) is 6.22. The summed E-state index contributed by atoms with van der Waals surface area (Å²) < 4.78 is 31.0. The molecule has 82 valence electrons. The van der Waals surface area contributed by atoms with Crippen LogP contribution in [0.25, 0.3) is 0 Å². The Bertz CT molecular complexity index is 316. The minimum absolute atomic E-state index is 1.01. The van der Waals surface area contributed by atoms with Crippen LogP contribution in [0, 0.1) is 0 Å². The van der Waals surface area contributed by atoms with Gasteiger partial charge in [0, 0.05) is 0 Å². The highest BCUT2D eigenvalue weighted by molar-refractivity contribution is 7.80. The molecule has 0 aliphatic heterocycles. The largest absolute Gasteiger partial charge is 0.481 e. The Morgan fingerprint density at radius 1 is 1.29 bits per heavy atom. The second-order valence-electron chi connectivity index (χ2n) is 2.02. The second-order valence-corrected chi connectivity index (χ2v) is 3.01. The van der Waals surface area contributed by atoms with Crippen molar-refractivity contribution in [3.05, 3.63) is 0 Å². The molecule has 0 saturated heterocycles. The van der Waals surface area contributed by atoms with Crippen molar-refractivity contribution in [1.82, 2.24) is 0 Å². The van der Waals surface area contributed by atoms with E-state index in [-0.39, 0.29) is 0 Å². The van der Waals surface area contributed by atoms with E-state index in [4.69, 9.17) is 14.8 Å². The van der Waals surface area contributed by atoms with Gasteiger partial charge >= 0.3 is 22.3 Å². The van der Waals surface area contributed by atoms with Crippen molar-refractivity contribution in [1.29, 1.82) is 0 Å². The van der Waals surface area contributed by atoms with E-state index in [9.17, 15) is 18.0 Å². The van der Waals surface area contributed by atoms with Crippen LogP contribution >= 0.6 is 0 Å². The maximum Gasteiger partial charge on any atom is 0.424 e. The third kappa shape index (κ3) is 6.30. The predicted molar refractivity (Wildman–Crippen MR) is 37.4 cm³/mol. The monoisotopic (exact) mass is 230 g/mol. The molecule has 9 nitrogen and oxygen atoms in total. The lowest BCUT2D eigenvalue weighted by Gasteiger charge is -2.07. The normalized spacial score (nSPS) is 13.5. The molecule has 0 saturated carbocycles. The van der Waals surface area contributed by atoms with Crippen LogP contribution in [-0.4, -0.2) is 41.2 Å². The van der Waals surface area contributed by atoms with E-state index in [1.54, 1.807) is 0 Å². The molecule has 0 aliphatic rings. The Morgan fingerprint density at radius 2 is 1.79 bits per heavy atom. The van der Waals surface area contributed by atoms with Crippen molar-refractivity contribution >= 4 is 22.3 Å². The van der Waals surface area contributed by atoms with E-state index in [0.29, 0.717) is 0 Å². The van der Waals surface area contributed by atoms with Gasteiger partial charge in [-0.15, -0.1) is 0 Å². The SMILES string of the molecule is O=C(O)CC(OOS(=O)(=O)O)C(=O)O. The zero-order valence-electron chi connectivity index (χ0n) is 6.48. The highest BCUT2D eigenvalue weighted by atomic mass is 32.3. The third-order valence-electron chi connectivity index (χ3n) is 0.877. The number of hydrogen-bond acceptors (Lipinski definition) is 6. The summed E-state index contributed by atoms with van der Waals surface area (Å²) in [7, 11) is -4.97. The number of carboxylic acid groups (broad SMARTS) is 2. The lowest BCUT2D eigenvalue weighted by atomic mass is 10.3. The summed E-state index contributed by atoms with van der Waals surface area (Å²) in [4.78, 5) is 23.9. The summed E-state index contributed by atoms with van der Waals surface area (Å²) in [5, 5.41) is 16.4. The van der Waals surface area contributed by atoms with Crippen molar-refractivity contribution in [3.63, 3.8) is 0 Å². The Labute approximate surface area is 77.7 Å². The molecule has 1 atom stereocenters. The maximum atomic E-state index is 10.2. The van der Waals surface area contributed by atoms with Gasteiger partial charge in [0.2, 0.25) is 6.10 Å². The van der Waals surface area contributed by atoms with Crippen LogP contribution in [-0.2, 0) is 29.2 Å². The van der Waals surface area contributed by atoms with Gasteiger partial charge in [-0.1, -0.05) is 4.33 Å². The molecular weight excluding hydrogens is 224 g/mol. The summed E-state index contributed by atoms with van der Waals surface area (Å²) in [5.74, 6) is -3.27. The van der Waals surface area contributed by atoms with Crippen LogP contribution in [0.5, 0.6) is 0 Å². The Hall–Kier alpha value is -1.23. The molecule has 0 radical (unpaired) electrons. The first kappa shape index (κ1) is 12.8. The van der Waals surface area contributed by atoms with Gasteiger partial charge in [0.1, 0.15) is 0 Å². The molecule has 0 aromatic heterocycles.